The number of rotatable bonds is 2. The van der Waals surface area contributed by atoms with E-state index in [0.717, 1.165) is 10.4 Å². The quantitative estimate of drug-likeness (QED) is 0.862. The summed E-state index contributed by atoms with van der Waals surface area (Å²) in [4.78, 5) is 1.06. The first-order valence-corrected chi connectivity index (χ1v) is 6.06. The monoisotopic (exact) mass is 257 g/mol. The van der Waals surface area contributed by atoms with Crippen LogP contribution in [0.4, 0.5) is 0 Å². The number of halogens is 2. The lowest BCUT2D eigenvalue weighted by Crippen LogP contribution is -2.11. The van der Waals surface area contributed by atoms with E-state index in [4.69, 9.17) is 28.9 Å². The van der Waals surface area contributed by atoms with Crippen molar-refractivity contribution in [2.75, 3.05) is 0 Å². The van der Waals surface area contributed by atoms with Gasteiger partial charge >= 0.3 is 0 Å². The zero-order chi connectivity index (χ0) is 10.8. The molecule has 0 aliphatic heterocycles. The Bertz CT molecular complexity index is 433. The van der Waals surface area contributed by atoms with Crippen LogP contribution in [0.2, 0.25) is 10.0 Å². The molecule has 1 atom stereocenters. The van der Waals surface area contributed by atoms with Crippen LogP contribution in [0.25, 0.3) is 0 Å². The summed E-state index contributed by atoms with van der Waals surface area (Å²) in [6, 6.07) is 9.12. The maximum atomic E-state index is 6.10. The van der Waals surface area contributed by atoms with Crippen LogP contribution in [0.1, 0.15) is 16.5 Å². The van der Waals surface area contributed by atoms with E-state index in [1.54, 1.807) is 23.5 Å². The normalized spacial score (nSPS) is 12.7. The molecule has 78 valence electrons. The van der Waals surface area contributed by atoms with Gasteiger partial charge in [0.1, 0.15) is 0 Å². The van der Waals surface area contributed by atoms with Crippen molar-refractivity contribution >= 4 is 34.5 Å². The van der Waals surface area contributed by atoms with Crippen LogP contribution in [-0.4, -0.2) is 0 Å². The summed E-state index contributed by atoms with van der Waals surface area (Å²) in [5, 5.41) is 3.21. The topological polar surface area (TPSA) is 26.0 Å². The fourth-order valence-corrected chi connectivity index (χ4v) is 2.79. The predicted octanol–water partition coefficient (Wildman–Crippen LogP) is 4.10. The molecule has 0 aliphatic rings. The molecule has 0 saturated carbocycles. The van der Waals surface area contributed by atoms with Crippen LogP contribution in [0, 0.1) is 0 Å². The van der Waals surface area contributed by atoms with Crippen LogP contribution in [0.3, 0.4) is 0 Å². The molecule has 4 heteroatoms. The van der Waals surface area contributed by atoms with E-state index in [1.807, 2.05) is 23.6 Å². The minimum absolute atomic E-state index is 0.244. The molecule has 1 aromatic carbocycles. The molecule has 1 aromatic heterocycles. The van der Waals surface area contributed by atoms with Crippen molar-refractivity contribution in [1.82, 2.24) is 0 Å². The molecule has 0 radical (unpaired) electrons. The zero-order valence-corrected chi connectivity index (χ0v) is 10.1. The van der Waals surface area contributed by atoms with Crippen LogP contribution in [-0.2, 0) is 0 Å². The first-order chi connectivity index (χ1) is 7.20. The summed E-state index contributed by atoms with van der Waals surface area (Å²) in [5.74, 6) is 0. The third-order valence-electron chi connectivity index (χ3n) is 2.16. The van der Waals surface area contributed by atoms with Crippen LogP contribution in [0.15, 0.2) is 35.7 Å². The van der Waals surface area contributed by atoms with Gasteiger partial charge in [-0.15, -0.1) is 11.3 Å². The Kier molecular flexibility index (Phi) is 3.32. The molecule has 2 rings (SSSR count). The van der Waals surface area contributed by atoms with Gasteiger partial charge in [0.25, 0.3) is 0 Å². The second-order valence-electron chi connectivity index (χ2n) is 3.13. The molecule has 15 heavy (non-hydrogen) atoms. The van der Waals surface area contributed by atoms with Gasteiger partial charge in [0.05, 0.1) is 6.04 Å². The summed E-state index contributed by atoms with van der Waals surface area (Å²) in [5.41, 5.74) is 6.90. The van der Waals surface area contributed by atoms with Gasteiger partial charge in [-0.3, -0.25) is 0 Å². The number of hydrogen-bond donors (Lipinski definition) is 1. The summed E-state index contributed by atoms with van der Waals surface area (Å²) in [6.07, 6.45) is 0. The Labute approximate surface area is 102 Å². The van der Waals surface area contributed by atoms with Gasteiger partial charge in [-0.1, -0.05) is 35.3 Å². The summed E-state index contributed by atoms with van der Waals surface area (Å²) in [7, 11) is 0. The number of nitrogens with two attached hydrogens (primary N) is 1. The molecule has 0 unspecified atom stereocenters. The molecule has 0 saturated heterocycles. The first-order valence-electron chi connectivity index (χ1n) is 4.43. The van der Waals surface area contributed by atoms with Gasteiger partial charge in [-0.05, 0) is 23.6 Å². The Hall–Kier alpha value is -0.540. The van der Waals surface area contributed by atoms with Gasteiger partial charge in [0.2, 0.25) is 0 Å². The smallest absolute Gasteiger partial charge is 0.0675 e. The predicted molar refractivity (Wildman–Crippen MR) is 66.8 cm³/mol. The average molecular weight is 258 g/mol. The summed E-state index contributed by atoms with van der Waals surface area (Å²) >= 11 is 13.8. The van der Waals surface area contributed by atoms with Crippen molar-refractivity contribution in [1.29, 1.82) is 0 Å². The molecular formula is C11H9Cl2NS. The Morgan fingerprint density at radius 3 is 2.27 bits per heavy atom. The van der Waals surface area contributed by atoms with E-state index in [0.29, 0.717) is 10.0 Å². The highest BCUT2D eigenvalue weighted by atomic mass is 35.5. The van der Waals surface area contributed by atoms with Crippen molar-refractivity contribution in [3.8, 4) is 0 Å². The maximum absolute atomic E-state index is 6.10. The Morgan fingerprint density at radius 1 is 1.07 bits per heavy atom. The molecular weight excluding hydrogens is 249 g/mol. The molecule has 0 fully saturated rings. The largest absolute Gasteiger partial charge is 0.320 e. The van der Waals surface area contributed by atoms with Crippen LogP contribution < -0.4 is 5.73 Å². The molecule has 0 aliphatic carbocycles. The second kappa shape index (κ2) is 4.54. The van der Waals surface area contributed by atoms with E-state index in [2.05, 4.69) is 0 Å². The second-order valence-corrected chi connectivity index (χ2v) is 4.92. The number of benzene rings is 1. The minimum atomic E-state index is -0.244. The lowest BCUT2D eigenvalue weighted by Gasteiger charge is -2.13. The van der Waals surface area contributed by atoms with Crippen LogP contribution >= 0.6 is 34.5 Å². The summed E-state index contributed by atoms with van der Waals surface area (Å²) < 4.78 is 0. The lowest BCUT2D eigenvalue weighted by molar-refractivity contribution is 0.894. The number of thiophene rings is 1. The SMILES string of the molecule is N[C@@H](c1cccs1)c1c(Cl)cccc1Cl. The fraction of sp³-hybridized carbons (Fsp3) is 0.0909. The fourth-order valence-electron chi connectivity index (χ4n) is 1.42. The van der Waals surface area contributed by atoms with Gasteiger partial charge < -0.3 is 5.73 Å². The van der Waals surface area contributed by atoms with Gasteiger partial charge in [0, 0.05) is 20.5 Å². The van der Waals surface area contributed by atoms with Crippen molar-refractivity contribution in [2.45, 2.75) is 6.04 Å². The minimum Gasteiger partial charge on any atom is -0.320 e. The Morgan fingerprint density at radius 2 is 1.73 bits per heavy atom. The molecule has 2 N–H and O–H groups in total. The molecule has 0 spiro atoms. The van der Waals surface area contributed by atoms with E-state index in [1.165, 1.54) is 0 Å². The van der Waals surface area contributed by atoms with Crippen molar-refractivity contribution in [2.24, 2.45) is 5.73 Å². The van der Waals surface area contributed by atoms with E-state index in [-0.39, 0.29) is 6.04 Å². The molecule has 1 heterocycles. The lowest BCUT2D eigenvalue weighted by atomic mass is 10.1. The van der Waals surface area contributed by atoms with Gasteiger partial charge in [-0.2, -0.15) is 0 Å². The van der Waals surface area contributed by atoms with Crippen LogP contribution in [0.5, 0.6) is 0 Å². The summed E-state index contributed by atoms with van der Waals surface area (Å²) in [6.45, 7) is 0. The average Bonchev–Trinajstić information content (AvgIpc) is 2.69. The third-order valence-corrected chi connectivity index (χ3v) is 3.77. The van der Waals surface area contributed by atoms with E-state index < -0.39 is 0 Å². The highest BCUT2D eigenvalue weighted by Crippen LogP contribution is 2.33. The third kappa shape index (κ3) is 2.18. The van der Waals surface area contributed by atoms with Crippen molar-refractivity contribution in [3.05, 3.63) is 56.2 Å². The van der Waals surface area contributed by atoms with Gasteiger partial charge in [-0.25, -0.2) is 0 Å². The molecule has 0 bridgehead atoms. The van der Waals surface area contributed by atoms with Crippen molar-refractivity contribution in [3.63, 3.8) is 0 Å². The number of hydrogen-bond acceptors (Lipinski definition) is 2. The van der Waals surface area contributed by atoms with E-state index >= 15 is 0 Å². The highest BCUT2D eigenvalue weighted by molar-refractivity contribution is 7.10. The van der Waals surface area contributed by atoms with Crippen molar-refractivity contribution < 1.29 is 0 Å². The zero-order valence-electron chi connectivity index (χ0n) is 7.78. The highest BCUT2D eigenvalue weighted by Gasteiger charge is 2.16. The first kappa shape index (κ1) is 11.0. The molecule has 0 amide bonds. The molecule has 1 nitrogen and oxygen atoms in total. The standard InChI is InChI=1S/C11H9Cl2NS/c12-7-3-1-4-8(13)10(7)11(14)9-5-2-6-15-9/h1-6,11H,14H2/t11-/m0/s1. The van der Waals surface area contributed by atoms with E-state index in [9.17, 15) is 0 Å². The molecule has 2 aromatic rings. The maximum Gasteiger partial charge on any atom is 0.0675 e. The van der Waals surface area contributed by atoms with Gasteiger partial charge in [0.15, 0.2) is 0 Å². The Balaban J connectivity index is 2.46.